The van der Waals surface area contributed by atoms with Crippen molar-refractivity contribution in [2.24, 2.45) is 11.8 Å². The number of carboxylic acid groups (broad SMARTS) is 1. The van der Waals surface area contributed by atoms with Crippen LogP contribution in [0.1, 0.15) is 148 Å². The molecule has 0 spiro atoms. The lowest BCUT2D eigenvalue weighted by Crippen LogP contribution is -2.53. The first-order valence-electron chi connectivity index (χ1n) is 19.9. The number of carboxylic acids is 1. The fourth-order valence-corrected chi connectivity index (χ4v) is 6.45. The second-order valence-corrected chi connectivity index (χ2v) is 15.6. The Morgan fingerprint density at radius 1 is 0.698 bits per heavy atom. The Bertz CT molecular complexity index is 1450. The maximum Gasteiger partial charge on any atom is 0.326 e. The first-order valence-corrected chi connectivity index (χ1v) is 19.9. The number of aryl methyl sites for hydroxylation is 1. The summed E-state index contributed by atoms with van der Waals surface area (Å²) in [5.74, 6) is -4.10. The molecule has 294 valence electrons. The van der Waals surface area contributed by atoms with E-state index in [1.807, 2.05) is 39.8 Å². The van der Waals surface area contributed by atoms with Crippen LogP contribution in [0.25, 0.3) is 11.1 Å². The third-order valence-electron chi connectivity index (χ3n) is 9.59. The van der Waals surface area contributed by atoms with Gasteiger partial charge in [-0.25, -0.2) is 4.79 Å². The fraction of sp³-hybridized carbons (Fsp3) is 0.614. The SMILES string of the molecule is CCCCC[C@H](CC(=O)c1ccc(-c2ccc(CCCC)cc2)cc1)C(=O)N[C@H](C(=O)C[C@@H](C)C(=O)N[C@@H](CCCCC)C(=O)O)C(C)OC(C)(C)C. The molecule has 9 nitrogen and oxygen atoms in total. The Hall–Kier alpha value is -3.85. The van der Waals surface area contributed by atoms with Crippen LogP contribution in [-0.4, -0.2) is 58.2 Å². The van der Waals surface area contributed by atoms with E-state index < -0.39 is 59.2 Å². The number of unbranched alkanes of at least 4 members (excludes halogenated alkanes) is 5. The van der Waals surface area contributed by atoms with E-state index in [2.05, 4.69) is 48.7 Å². The minimum atomic E-state index is -1.11. The van der Waals surface area contributed by atoms with E-state index in [0.717, 1.165) is 62.5 Å². The van der Waals surface area contributed by atoms with Crippen LogP contribution in [0.3, 0.4) is 0 Å². The van der Waals surface area contributed by atoms with Crippen LogP contribution < -0.4 is 10.6 Å². The Kier molecular flexibility index (Phi) is 19.7. The van der Waals surface area contributed by atoms with Crippen LogP contribution in [0.15, 0.2) is 48.5 Å². The van der Waals surface area contributed by atoms with E-state index in [9.17, 15) is 29.1 Å². The molecular weight excluding hydrogens is 668 g/mol. The minimum Gasteiger partial charge on any atom is -0.480 e. The number of hydrogen-bond acceptors (Lipinski definition) is 6. The van der Waals surface area contributed by atoms with Crippen LogP contribution in [0.4, 0.5) is 0 Å². The summed E-state index contributed by atoms with van der Waals surface area (Å²) in [6, 6.07) is 13.9. The van der Waals surface area contributed by atoms with E-state index in [1.165, 1.54) is 5.56 Å². The molecule has 0 aliphatic carbocycles. The molecule has 0 bridgehead atoms. The summed E-state index contributed by atoms with van der Waals surface area (Å²) in [5, 5.41) is 15.1. The lowest BCUT2D eigenvalue weighted by atomic mass is 9.90. The molecule has 0 aliphatic heterocycles. The summed E-state index contributed by atoms with van der Waals surface area (Å²) < 4.78 is 6.13. The molecule has 0 saturated heterocycles. The number of carbonyl (C=O) groups excluding carboxylic acids is 4. The molecule has 9 heteroatoms. The van der Waals surface area contributed by atoms with Gasteiger partial charge in [-0.1, -0.05) is 121 Å². The third-order valence-corrected chi connectivity index (χ3v) is 9.59. The number of aliphatic carboxylic acids is 1. The van der Waals surface area contributed by atoms with Gasteiger partial charge in [0.25, 0.3) is 0 Å². The van der Waals surface area contributed by atoms with Gasteiger partial charge in [0.15, 0.2) is 11.6 Å². The standard InChI is InChI=1S/C44H66N2O7/c1-9-12-15-18-36(29-38(47)35-26-24-34(25-27-35)33-22-20-32(21-23-33)17-14-11-3)42(50)46-40(31(5)53-44(6,7)8)39(48)28-30(4)41(49)45-37(43(51)52)19-16-13-10-2/h20-27,30-31,36-37,40H,9-19,28-29H2,1-8H3,(H,45,49)(H,46,50)(H,51,52)/t30-,31?,36-,37+,40+/m1/s1. The van der Waals surface area contributed by atoms with E-state index >= 15 is 0 Å². The lowest BCUT2D eigenvalue weighted by molar-refractivity contribution is -0.143. The molecule has 0 saturated carbocycles. The molecule has 2 rings (SSSR count). The number of Topliss-reactive ketones (excluding diaryl/α,β-unsaturated/α-hetero) is 2. The van der Waals surface area contributed by atoms with Gasteiger partial charge < -0.3 is 20.5 Å². The number of nitrogens with one attached hydrogen (secondary N) is 2. The minimum absolute atomic E-state index is 0.0101. The normalized spacial score (nSPS) is 14.4. The van der Waals surface area contributed by atoms with E-state index in [4.69, 9.17) is 4.74 Å². The second kappa shape index (κ2) is 23.0. The Labute approximate surface area is 318 Å². The van der Waals surface area contributed by atoms with Crippen molar-refractivity contribution in [3.05, 3.63) is 59.7 Å². The highest BCUT2D eigenvalue weighted by Gasteiger charge is 2.35. The first-order chi connectivity index (χ1) is 25.1. The first kappa shape index (κ1) is 45.3. The monoisotopic (exact) mass is 734 g/mol. The average Bonchev–Trinajstić information content (AvgIpc) is 3.11. The molecule has 0 fully saturated rings. The highest BCUT2D eigenvalue weighted by molar-refractivity contribution is 6.00. The smallest absolute Gasteiger partial charge is 0.326 e. The molecule has 1 unspecified atom stereocenters. The molecule has 2 amide bonds. The Morgan fingerprint density at radius 3 is 1.77 bits per heavy atom. The van der Waals surface area contributed by atoms with Crippen LogP contribution in [0.5, 0.6) is 0 Å². The van der Waals surface area contributed by atoms with Crippen molar-refractivity contribution >= 4 is 29.4 Å². The van der Waals surface area contributed by atoms with Crippen molar-refractivity contribution in [1.29, 1.82) is 0 Å². The number of rotatable bonds is 25. The summed E-state index contributed by atoms with van der Waals surface area (Å²) in [6.45, 7) is 15.1. The summed E-state index contributed by atoms with van der Waals surface area (Å²) in [5.41, 5.74) is 3.28. The quantitative estimate of drug-likeness (QED) is 0.0684. The maximum absolute atomic E-state index is 14.0. The zero-order valence-electron chi connectivity index (χ0n) is 33.6. The predicted molar refractivity (Wildman–Crippen MR) is 212 cm³/mol. The van der Waals surface area contributed by atoms with E-state index in [1.54, 1.807) is 26.0 Å². The zero-order chi connectivity index (χ0) is 39.6. The van der Waals surface area contributed by atoms with Gasteiger partial charge in [-0.2, -0.15) is 0 Å². The van der Waals surface area contributed by atoms with Crippen LogP contribution >= 0.6 is 0 Å². The van der Waals surface area contributed by atoms with Crippen LogP contribution in [0.2, 0.25) is 0 Å². The van der Waals surface area contributed by atoms with Crippen molar-refractivity contribution in [3.63, 3.8) is 0 Å². The molecule has 0 heterocycles. The van der Waals surface area contributed by atoms with Crippen molar-refractivity contribution in [2.45, 2.75) is 163 Å². The molecular formula is C44H66N2O7. The maximum atomic E-state index is 14.0. The summed E-state index contributed by atoms with van der Waals surface area (Å²) >= 11 is 0. The average molecular weight is 735 g/mol. The summed E-state index contributed by atoms with van der Waals surface area (Å²) in [7, 11) is 0. The highest BCUT2D eigenvalue weighted by atomic mass is 16.5. The number of amides is 2. The van der Waals surface area contributed by atoms with Gasteiger partial charge in [0.2, 0.25) is 11.8 Å². The van der Waals surface area contributed by atoms with Gasteiger partial charge in [0.05, 0.1) is 11.7 Å². The van der Waals surface area contributed by atoms with Crippen molar-refractivity contribution in [3.8, 4) is 11.1 Å². The van der Waals surface area contributed by atoms with Gasteiger partial charge in [-0.15, -0.1) is 0 Å². The van der Waals surface area contributed by atoms with Crippen LogP contribution in [-0.2, 0) is 30.3 Å². The number of benzene rings is 2. The lowest BCUT2D eigenvalue weighted by Gasteiger charge is -2.32. The molecule has 2 aromatic carbocycles. The Morgan fingerprint density at radius 2 is 1.25 bits per heavy atom. The largest absolute Gasteiger partial charge is 0.480 e. The van der Waals surface area contributed by atoms with Crippen molar-refractivity contribution in [1.82, 2.24) is 10.6 Å². The zero-order valence-corrected chi connectivity index (χ0v) is 33.6. The molecule has 53 heavy (non-hydrogen) atoms. The van der Waals surface area contributed by atoms with E-state index in [0.29, 0.717) is 24.8 Å². The molecule has 0 radical (unpaired) electrons. The molecule has 5 atom stereocenters. The van der Waals surface area contributed by atoms with Gasteiger partial charge in [-0.3, -0.25) is 19.2 Å². The summed E-state index contributed by atoms with van der Waals surface area (Å²) in [4.78, 5) is 66.3. The van der Waals surface area contributed by atoms with Gasteiger partial charge >= 0.3 is 5.97 Å². The number of hydrogen-bond donors (Lipinski definition) is 3. The molecule has 2 aromatic rings. The van der Waals surface area contributed by atoms with Crippen LogP contribution in [0, 0.1) is 11.8 Å². The predicted octanol–water partition coefficient (Wildman–Crippen LogP) is 8.90. The number of ketones is 2. The van der Waals surface area contributed by atoms with Gasteiger partial charge in [-0.05, 0) is 70.1 Å². The van der Waals surface area contributed by atoms with E-state index in [-0.39, 0.29) is 18.6 Å². The van der Waals surface area contributed by atoms with Gasteiger partial charge in [0, 0.05) is 30.2 Å². The fourth-order valence-electron chi connectivity index (χ4n) is 6.45. The summed E-state index contributed by atoms with van der Waals surface area (Å²) in [6.07, 6.45) is 8.22. The van der Waals surface area contributed by atoms with Crippen molar-refractivity contribution in [2.75, 3.05) is 0 Å². The van der Waals surface area contributed by atoms with Gasteiger partial charge in [0.1, 0.15) is 12.1 Å². The third kappa shape index (κ3) is 16.4. The molecule has 0 aliphatic rings. The molecule has 0 aromatic heterocycles. The highest BCUT2D eigenvalue weighted by Crippen LogP contribution is 2.24. The number of ether oxygens (including phenoxy) is 1. The Balaban J connectivity index is 2.22. The molecule has 3 N–H and O–H groups in total. The topological polar surface area (TPSA) is 139 Å². The number of carbonyl (C=O) groups is 5. The van der Waals surface area contributed by atoms with Crippen molar-refractivity contribution < 1.29 is 33.8 Å². The second-order valence-electron chi connectivity index (χ2n) is 15.6.